The van der Waals surface area contributed by atoms with Gasteiger partial charge in [0.15, 0.2) is 0 Å². The number of carbonyl (C=O) groups excluding carboxylic acids is 1. The molecular formula is C36H39NO6. The quantitative estimate of drug-likeness (QED) is 0.191. The minimum atomic E-state index is -0.969. The largest absolute Gasteiger partial charge is 0.497 e. The van der Waals surface area contributed by atoms with Crippen molar-refractivity contribution in [2.45, 2.75) is 43.6 Å². The number of ether oxygens (including phenoxy) is 4. The summed E-state index contributed by atoms with van der Waals surface area (Å²) in [4.78, 5) is 14.6. The van der Waals surface area contributed by atoms with Gasteiger partial charge in [-0.1, -0.05) is 84.9 Å². The maximum absolute atomic E-state index is 13.0. The molecule has 7 nitrogen and oxygen atoms in total. The molecule has 1 saturated heterocycles. The van der Waals surface area contributed by atoms with Gasteiger partial charge in [0.2, 0.25) is 0 Å². The van der Waals surface area contributed by atoms with Crippen LogP contribution in [0.3, 0.4) is 0 Å². The van der Waals surface area contributed by atoms with Gasteiger partial charge in [0.05, 0.1) is 33.0 Å². The van der Waals surface area contributed by atoms with Crippen LogP contribution in [-0.4, -0.2) is 55.6 Å². The van der Waals surface area contributed by atoms with Crippen molar-refractivity contribution in [3.8, 4) is 11.5 Å². The summed E-state index contributed by atoms with van der Waals surface area (Å²) in [7, 11) is 3.29. The number of nitrogens with zero attached hydrogens (tertiary/aromatic N) is 1. The van der Waals surface area contributed by atoms with Crippen LogP contribution in [0, 0.1) is 0 Å². The number of hydrogen-bond donors (Lipinski definition) is 1. The lowest BCUT2D eigenvalue weighted by Crippen LogP contribution is -2.44. The molecular weight excluding hydrogens is 542 g/mol. The van der Waals surface area contributed by atoms with E-state index in [1.54, 1.807) is 19.1 Å². The van der Waals surface area contributed by atoms with E-state index in [0.29, 0.717) is 19.4 Å². The third-order valence-corrected chi connectivity index (χ3v) is 8.09. The Kier molecular flexibility index (Phi) is 9.97. The maximum Gasteiger partial charge on any atom is 0.410 e. The second kappa shape index (κ2) is 14.2. The highest BCUT2D eigenvalue weighted by Gasteiger charge is 2.39. The molecule has 1 aliphatic heterocycles. The van der Waals surface area contributed by atoms with E-state index < -0.39 is 17.8 Å². The molecule has 0 aromatic heterocycles. The molecule has 2 unspecified atom stereocenters. The minimum Gasteiger partial charge on any atom is -0.497 e. The lowest BCUT2D eigenvalue weighted by atomic mass is 9.80. The number of benzene rings is 4. The number of methoxy groups -OCH3 is 2. The summed E-state index contributed by atoms with van der Waals surface area (Å²) in [6.45, 7) is 1.00. The Labute approximate surface area is 253 Å². The first-order chi connectivity index (χ1) is 21.0. The van der Waals surface area contributed by atoms with E-state index in [0.717, 1.165) is 40.2 Å². The normalized spacial score (nSPS) is 15.6. The molecule has 0 aliphatic carbocycles. The van der Waals surface area contributed by atoms with Crippen LogP contribution in [0.5, 0.6) is 11.5 Å². The van der Waals surface area contributed by atoms with Gasteiger partial charge in [0, 0.05) is 6.54 Å². The van der Waals surface area contributed by atoms with Crippen molar-refractivity contribution in [3.05, 3.63) is 131 Å². The lowest BCUT2D eigenvalue weighted by Gasteiger charge is -2.37. The van der Waals surface area contributed by atoms with Gasteiger partial charge >= 0.3 is 6.09 Å². The summed E-state index contributed by atoms with van der Waals surface area (Å²) in [5, 5.41) is 11.3. The smallest absolute Gasteiger partial charge is 0.410 e. The zero-order valence-corrected chi connectivity index (χ0v) is 24.7. The molecule has 4 aromatic carbocycles. The Morgan fingerprint density at radius 3 is 1.91 bits per heavy atom. The van der Waals surface area contributed by atoms with Crippen LogP contribution in [-0.2, 0) is 21.7 Å². The first kappa shape index (κ1) is 30.1. The fourth-order valence-electron chi connectivity index (χ4n) is 5.82. The number of aliphatic hydroxyl groups excluding tert-OH is 1. The molecule has 1 heterocycles. The third kappa shape index (κ3) is 6.85. The average Bonchev–Trinajstić information content (AvgIpc) is 3.57. The van der Waals surface area contributed by atoms with Crippen molar-refractivity contribution in [3.63, 3.8) is 0 Å². The van der Waals surface area contributed by atoms with Crippen LogP contribution in [0.25, 0.3) is 0 Å². The molecule has 7 heteroatoms. The number of rotatable bonds is 12. The van der Waals surface area contributed by atoms with E-state index in [-0.39, 0.29) is 19.3 Å². The van der Waals surface area contributed by atoms with E-state index in [9.17, 15) is 9.90 Å². The van der Waals surface area contributed by atoms with E-state index >= 15 is 0 Å². The monoisotopic (exact) mass is 581 g/mol. The zero-order valence-electron chi connectivity index (χ0n) is 24.7. The van der Waals surface area contributed by atoms with Gasteiger partial charge < -0.3 is 29.0 Å². The van der Waals surface area contributed by atoms with E-state index in [4.69, 9.17) is 18.9 Å². The number of aliphatic hydroxyl groups is 1. The molecule has 0 bridgehead atoms. The van der Waals surface area contributed by atoms with Crippen LogP contribution in [0.15, 0.2) is 109 Å². The van der Waals surface area contributed by atoms with Crippen LogP contribution >= 0.6 is 0 Å². The summed E-state index contributed by atoms with van der Waals surface area (Å²) in [6.07, 6.45) is 0.693. The number of amides is 1. The molecule has 43 heavy (non-hydrogen) atoms. The lowest BCUT2D eigenvalue weighted by molar-refractivity contribution is -0.0192. The molecule has 1 amide bonds. The Hall–Kier alpha value is -4.33. The van der Waals surface area contributed by atoms with Gasteiger partial charge in [-0.25, -0.2) is 4.79 Å². The Morgan fingerprint density at radius 1 is 0.814 bits per heavy atom. The highest BCUT2D eigenvalue weighted by atomic mass is 16.6. The Morgan fingerprint density at radius 2 is 1.35 bits per heavy atom. The standard InChI is InChI=1S/C36H39NO6/c1-40-31-19-15-29(16-20-31)36(28-12-7-4-8-13-28,30-17-21-32(41-2)22-18-30)43-25-23-34(38)33-14-9-24-37(33)35(39)42-26-27-10-5-3-6-11-27/h3-8,10-13,15-22,33-34,38H,9,14,23-26H2,1-2H3. The van der Waals surface area contributed by atoms with Crippen LogP contribution in [0.4, 0.5) is 4.79 Å². The predicted molar refractivity (Wildman–Crippen MR) is 165 cm³/mol. The summed E-state index contributed by atoms with van der Waals surface area (Å²) in [5.74, 6) is 1.49. The number of likely N-dealkylation sites (tertiary alicyclic amines) is 1. The summed E-state index contributed by atoms with van der Waals surface area (Å²) < 4.78 is 23.3. The highest BCUT2D eigenvalue weighted by Crippen LogP contribution is 2.42. The van der Waals surface area contributed by atoms with Crippen molar-refractivity contribution in [2.75, 3.05) is 27.4 Å². The van der Waals surface area contributed by atoms with Crippen LogP contribution in [0.1, 0.15) is 41.5 Å². The van der Waals surface area contributed by atoms with Gasteiger partial charge in [-0.3, -0.25) is 0 Å². The van der Waals surface area contributed by atoms with Crippen molar-refractivity contribution in [2.24, 2.45) is 0 Å². The molecule has 5 rings (SSSR count). The van der Waals surface area contributed by atoms with Crippen LogP contribution < -0.4 is 9.47 Å². The van der Waals surface area contributed by atoms with Gasteiger partial charge in [-0.2, -0.15) is 0 Å². The predicted octanol–water partition coefficient (Wildman–Crippen LogP) is 6.56. The first-order valence-corrected chi connectivity index (χ1v) is 14.7. The van der Waals surface area contributed by atoms with E-state index in [1.165, 1.54) is 0 Å². The number of hydrogen-bond acceptors (Lipinski definition) is 6. The molecule has 0 radical (unpaired) electrons. The van der Waals surface area contributed by atoms with Crippen molar-refractivity contribution in [1.29, 1.82) is 0 Å². The van der Waals surface area contributed by atoms with E-state index in [1.807, 2.05) is 109 Å². The molecule has 1 aliphatic rings. The SMILES string of the molecule is COc1ccc(C(OCCC(O)C2CCCN2C(=O)OCc2ccccc2)(c2ccccc2)c2ccc(OC)cc2)cc1. The van der Waals surface area contributed by atoms with Crippen LogP contribution in [0.2, 0.25) is 0 Å². The second-order valence-electron chi connectivity index (χ2n) is 10.7. The fraction of sp³-hybridized carbons (Fsp3) is 0.306. The second-order valence-corrected chi connectivity index (χ2v) is 10.7. The van der Waals surface area contributed by atoms with E-state index in [2.05, 4.69) is 0 Å². The topological polar surface area (TPSA) is 77.5 Å². The minimum absolute atomic E-state index is 0.200. The molecule has 1 N–H and O–H groups in total. The van der Waals surface area contributed by atoms with Gasteiger partial charge in [0.25, 0.3) is 0 Å². The Balaban J connectivity index is 1.37. The van der Waals surface area contributed by atoms with Gasteiger partial charge in [0.1, 0.15) is 23.7 Å². The molecule has 2 atom stereocenters. The third-order valence-electron chi connectivity index (χ3n) is 8.09. The van der Waals surface area contributed by atoms with Gasteiger partial charge in [-0.05, 0) is 65.8 Å². The molecule has 1 fully saturated rings. The summed E-state index contributed by atoms with van der Waals surface area (Å²) in [6, 6.07) is 35.1. The Bertz CT molecular complexity index is 1380. The van der Waals surface area contributed by atoms with Crippen molar-refractivity contribution < 1.29 is 28.8 Å². The molecule has 224 valence electrons. The highest BCUT2D eigenvalue weighted by molar-refractivity contribution is 5.68. The molecule has 0 saturated carbocycles. The van der Waals surface area contributed by atoms with Crippen molar-refractivity contribution >= 4 is 6.09 Å². The fourth-order valence-corrected chi connectivity index (χ4v) is 5.82. The summed E-state index contributed by atoms with van der Waals surface area (Å²) >= 11 is 0. The van der Waals surface area contributed by atoms with Crippen molar-refractivity contribution in [1.82, 2.24) is 4.90 Å². The van der Waals surface area contributed by atoms with Gasteiger partial charge in [-0.15, -0.1) is 0 Å². The molecule has 4 aromatic rings. The first-order valence-electron chi connectivity index (χ1n) is 14.7. The zero-order chi connectivity index (χ0) is 30.1. The number of carbonyl (C=O) groups is 1. The molecule has 0 spiro atoms. The maximum atomic E-state index is 13.0. The summed E-state index contributed by atoms with van der Waals surface area (Å²) in [5.41, 5.74) is 2.75. The average molecular weight is 582 g/mol.